The van der Waals surface area contributed by atoms with Crippen LogP contribution in [0.25, 0.3) is 0 Å². The summed E-state index contributed by atoms with van der Waals surface area (Å²) in [5.41, 5.74) is 0.645. The maximum atomic E-state index is 5.54. The van der Waals surface area contributed by atoms with Gasteiger partial charge < -0.3 is 10.1 Å². The molecule has 1 saturated carbocycles. The normalized spacial score (nSPS) is 41.2. The number of ether oxygens (including phenoxy) is 1. The third-order valence-electron chi connectivity index (χ3n) is 5.28. The molecule has 2 heterocycles. The predicted octanol–water partition coefficient (Wildman–Crippen LogP) is 1.88. The summed E-state index contributed by atoms with van der Waals surface area (Å²) in [6, 6.07) is 0. The number of hydrogen-bond donors (Lipinski definition) is 1. The van der Waals surface area contributed by atoms with E-state index in [-0.39, 0.29) is 5.54 Å². The van der Waals surface area contributed by atoms with Crippen LogP contribution >= 0.6 is 0 Å². The molecule has 3 fully saturated rings. The lowest BCUT2D eigenvalue weighted by molar-refractivity contribution is 0.0114. The zero-order chi connectivity index (χ0) is 12.8. The van der Waals surface area contributed by atoms with Gasteiger partial charge in [-0.15, -0.1) is 0 Å². The minimum absolute atomic E-state index is 0.289. The number of nitrogens with zero attached hydrogens (tertiary/aromatic N) is 1. The van der Waals surface area contributed by atoms with Gasteiger partial charge in [-0.2, -0.15) is 0 Å². The zero-order valence-corrected chi connectivity index (χ0v) is 12.2. The molecular weight excluding hydrogens is 224 g/mol. The fourth-order valence-electron chi connectivity index (χ4n) is 3.54. The van der Waals surface area contributed by atoms with Gasteiger partial charge in [-0.05, 0) is 51.9 Å². The second-order valence-corrected chi connectivity index (χ2v) is 7.47. The molecule has 1 N–H and O–H groups in total. The van der Waals surface area contributed by atoms with Crippen LogP contribution in [0.4, 0.5) is 0 Å². The molecule has 18 heavy (non-hydrogen) atoms. The SMILES string of the molecule is CC1(C2CC2)CN(CC2CCOC2)C(C)(C)CN1. The van der Waals surface area contributed by atoms with Crippen molar-refractivity contribution in [2.24, 2.45) is 11.8 Å². The van der Waals surface area contributed by atoms with Crippen LogP contribution in [0.5, 0.6) is 0 Å². The summed E-state index contributed by atoms with van der Waals surface area (Å²) in [5, 5.41) is 3.83. The Morgan fingerprint density at radius 1 is 1.22 bits per heavy atom. The van der Waals surface area contributed by atoms with Gasteiger partial charge >= 0.3 is 0 Å². The van der Waals surface area contributed by atoms with Crippen molar-refractivity contribution < 1.29 is 4.74 Å². The van der Waals surface area contributed by atoms with E-state index in [9.17, 15) is 0 Å². The molecule has 0 bridgehead atoms. The van der Waals surface area contributed by atoms with Crippen LogP contribution in [0.15, 0.2) is 0 Å². The van der Waals surface area contributed by atoms with Gasteiger partial charge in [0.25, 0.3) is 0 Å². The molecule has 0 aromatic heterocycles. The van der Waals surface area contributed by atoms with E-state index in [0.29, 0.717) is 5.54 Å². The van der Waals surface area contributed by atoms with Gasteiger partial charge in [-0.1, -0.05) is 0 Å². The molecule has 104 valence electrons. The highest BCUT2D eigenvalue weighted by molar-refractivity contribution is 5.06. The molecule has 0 aromatic rings. The molecule has 0 spiro atoms. The van der Waals surface area contributed by atoms with Crippen molar-refractivity contribution in [3.63, 3.8) is 0 Å². The summed E-state index contributed by atoms with van der Waals surface area (Å²) in [4.78, 5) is 2.72. The maximum absolute atomic E-state index is 5.54. The Morgan fingerprint density at radius 2 is 2.00 bits per heavy atom. The predicted molar refractivity (Wildman–Crippen MR) is 73.7 cm³/mol. The highest BCUT2D eigenvalue weighted by Crippen LogP contribution is 2.42. The van der Waals surface area contributed by atoms with Crippen LogP contribution in [0.3, 0.4) is 0 Å². The molecule has 0 amide bonds. The van der Waals surface area contributed by atoms with Crippen molar-refractivity contribution in [3.8, 4) is 0 Å². The van der Waals surface area contributed by atoms with Gasteiger partial charge in [0.15, 0.2) is 0 Å². The van der Waals surface area contributed by atoms with E-state index in [4.69, 9.17) is 4.74 Å². The van der Waals surface area contributed by atoms with Gasteiger partial charge in [-0.25, -0.2) is 0 Å². The Kier molecular flexibility index (Phi) is 3.20. The second-order valence-electron chi connectivity index (χ2n) is 7.47. The van der Waals surface area contributed by atoms with Crippen LogP contribution < -0.4 is 5.32 Å². The molecule has 2 atom stereocenters. The van der Waals surface area contributed by atoms with E-state index in [0.717, 1.165) is 31.6 Å². The summed E-state index contributed by atoms with van der Waals surface area (Å²) < 4.78 is 5.54. The van der Waals surface area contributed by atoms with Crippen molar-refractivity contribution in [1.29, 1.82) is 0 Å². The van der Waals surface area contributed by atoms with E-state index in [1.165, 1.54) is 32.4 Å². The molecule has 2 unspecified atom stereocenters. The van der Waals surface area contributed by atoms with E-state index >= 15 is 0 Å². The zero-order valence-electron chi connectivity index (χ0n) is 12.2. The molecule has 3 aliphatic rings. The van der Waals surface area contributed by atoms with Crippen LogP contribution in [0.1, 0.15) is 40.0 Å². The fourth-order valence-corrected chi connectivity index (χ4v) is 3.54. The smallest absolute Gasteiger partial charge is 0.0507 e. The number of piperazine rings is 1. The third kappa shape index (κ3) is 2.45. The first-order valence-electron chi connectivity index (χ1n) is 7.57. The summed E-state index contributed by atoms with van der Waals surface area (Å²) >= 11 is 0. The molecule has 0 aromatic carbocycles. The topological polar surface area (TPSA) is 24.5 Å². The second kappa shape index (κ2) is 4.46. The first-order chi connectivity index (χ1) is 8.50. The van der Waals surface area contributed by atoms with E-state index in [2.05, 4.69) is 31.0 Å². The van der Waals surface area contributed by atoms with Gasteiger partial charge in [0, 0.05) is 37.3 Å². The molecule has 3 heteroatoms. The van der Waals surface area contributed by atoms with E-state index in [1.54, 1.807) is 0 Å². The molecular formula is C15H28N2O. The monoisotopic (exact) mass is 252 g/mol. The summed E-state index contributed by atoms with van der Waals surface area (Å²) in [7, 11) is 0. The molecule has 0 radical (unpaired) electrons. The summed E-state index contributed by atoms with van der Waals surface area (Å²) in [6.45, 7) is 12.7. The van der Waals surface area contributed by atoms with Crippen molar-refractivity contribution in [3.05, 3.63) is 0 Å². The van der Waals surface area contributed by atoms with Crippen molar-refractivity contribution in [2.45, 2.75) is 51.1 Å². The Hall–Kier alpha value is -0.120. The molecule has 3 rings (SSSR count). The van der Waals surface area contributed by atoms with Crippen molar-refractivity contribution in [1.82, 2.24) is 10.2 Å². The summed E-state index contributed by atoms with van der Waals surface area (Å²) in [5.74, 6) is 1.67. The number of hydrogen-bond acceptors (Lipinski definition) is 3. The van der Waals surface area contributed by atoms with E-state index < -0.39 is 0 Å². The third-order valence-corrected chi connectivity index (χ3v) is 5.28. The first kappa shape index (κ1) is 12.9. The number of rotatable bonds is 3. The molecule has 2 saturated heterocycles. The standard InChI is InChI=1S/C15H28N2O/c1-14(2)10-16-15(3,13-4-5-13)11-17(14)8-12-6-7-18-9-12/h12-13,16H,4-11H2,1-3H3. The van der Waals surface area contributed by atoms with Crippen molar-refractivity contribution >= 4 is 0 Å². The van der Waals surface area contributed by atoms with Crippen molar-refractivity contribution in [2.75, 3.05) is 32.8 Å². The van der Waals surface area contributed by atoms with Crippen LogP contribution in [-0.4, -0.2) is 48.8 Å². The molecule has 1 aliphatic carbocycles. The van der Waals surface area contributed by atoms with E-state index in [1.807, 2.05) is 0 Å². The lowest BCUT2D eigenvalue weighted by Gasteiger charge is -2.52. The highest BCUT2D eigenvalue weighted by Gasteiger charge is 2.48. The summed E-state index contributed by atoms with van der Waals surface area (Å²) in [6.07, 6.45) is 4.09. The van der Waals surface area contributed by atoms with Crippen LogP contribution in [-0.2, 0) is 4.74 Å². The highest BCUT2D eigenvalue weighted by atomic mass is 16.5. The average molecular weight is 252 g/mol. The fraction of sp³-hybridized carbons (Fsp3) is 1.00. The number of nitrogens with one attached hydrogen (secondary N) is 1. The Morgan fingerprint density at radius 3 is 2.61 bits per heavy atom. The Balaban J connectivity index is 1.67. The minimum atomic E-state index is 0.289. The Bertz CT molecular complexity index is 308. The largest absolute Gasteiger partial charge is 0.381 e. The van der Waals surface area contributed by atoms with Crippen LogP contribution in [0, 0.1) is 11.8 Å². The first-order valence-corrected chi connectivity index (χ1v) is 7.57. The van der Waals surface area contributed by atoms with Gasteiger partial charge in [0.2, 0.25) is 0 Å². The van der Waals surface area contributed by atoms with Crippen LogP contribution in [0.2, 0.25) is 0 Å². The minimum Gasteiger partial charge on any atom is -0.381 e. The average Bonchev–Trinajstić information content (AvgIpc) is 3.06. The van der Waals surface area contributed by atoms with Gasteiger partial charge in [-0.3, -0.25) is 4.90 Å². The maximum Gasteiger partial charge on any atom is 0.0507 e. The lowest BCUT2D eigenvalue weighted by atomic mass is 9.86. The Labute approximate surface area is 111 Å². The van der Waals surface area contributed by atoms with Gasteiger partial charge in [0.05, 0.1) is 6.61 Å². The molecule has 2 aliphatic heterocycles. The lowest BCUT2D eigenvalue weighted by Crippen LogP contribution is -2.68. The van der Waals surface area contributed by atoms with Gasteiger partial charge in [0.1, 0.15) is 0 Å². The molecule has 3 nitrogen and oxygen atoms in total. The quantitative estimate of drug-likeness (QED) is 0.830.